The Bertz CT molecular complexity index is 2010. The molecule has 0 bridgehead atoms. The highest BCUT2D eigenvalue weighted by molar-refractivity contribution is 6.04. The summed E-state index contributed by atoms with van der Waals surface area (Å²) in [6.07, 6.45) is 7.27. The van der Waals surface area contributed by atoms with Gasteiger partial charge in [-0.1, -0.05) is 30.3 Å². The molecule has 4 N–H and O–H groups in total. The van der Waals surface area contributed by atoms with Crippen LogP contribution in [0.2, 0.25) is 0 Å². The normalized spacial score (nSPS) is 18.4. The minimum Gasteiger partial charge on any atom is -0.497 e. The van der Waals surface area contributed by atoms with E-state index in [4.69, 9.17) is 15.5 Å². The van der Waals surface area contributed by atoms with Crippen LogP contribution in [0.4, 0.5) is 17.2 Å². The van der Waals surface area contributed by atoms with Gasteiger partial charge in [-0.15, -0.1) is 0 Å². The number of hydrogen-bond acceptors (Lipinski definition) is 9. The molecule has 0 spiro atoms. The summed E-state index contributed by atoms with van der Waals surface area (Å²) in [6.45, 7) is 3.11. The molecular weight excluding hydrogens is 654 g/mol. The number of hydrogen-bond donors (Lipinski definition) is 3. The average molecular weight is 702 g/mol. The molecule has 0 radical (unpaired) electrons. The number of fused-ring (bicyclic) bond motifs is 1. The van der Waals surface area contributed by atoms with Crippen molar-refractivity contribution in [1.29, 1.82) is 0 Å². The molecule has 1 aliphatic heterocycles. The van der Waals surface area contributed by atoms with Crippen LogP contribution in [0.25, 0.3) is 22.6 Å². The number of rotatable bonds is 10. The van der Waals surface area contributed by atoms with Crippen LogP contribution >= 0.6 is 0 Å². The van der Waals surface area contributed by atoms with Crippen molar-refractivity contribution in [1.82, 2.24) is 29.3 Å². The van der Waals surface area contributed by atoms with Gasteiger partial charge in [0.2, 0.25) is 5.91 Å². The van der Waals surface area contributed by atoms with Gasteiger partial charge in [-0.05, 0) is 108 Å². The summed E-state index contributed by atoms with van der Waals surface area (Å²) in [5.74, 6) is 1.22. The Morgan fingerprint density at radius 1 is 0.885 bits per heavy atom. The van der Waals surface area contributed by atoms with E-state index in [0.29, 0.717) is 40.2 Å². The highest BCUT2D eigenvalue weighted by Crippen LogP contribution is 2.35. The van der Waals surface area contributed by atoms with Crippen LogP contribution in [-0.2, 0) is 11.3 Å². The molecule has 2 aliphatic rings. The molecule has 270 valence electrons. The zero-order valence-corrected chi connectivity index (χ0v) is 30.1. The second-order valence-electron chi connectivity index (χ2n) is 14.2. The van der Waals surface area contributed by atoms with Crippen molar-refractivity contribution in [2.75, 3.05) is 50.7 Å². The van der Waals surface area contributed by atoms with E-state index in [-0.39, 0.29) is 23.8 Å². The molecule has 2 amide bonds. The maximum absolute atomic E-state index is 13.1. The minimum absolute atomic E-state index is 0.0213. The summed E-state index contributed by atoms with van der Waals surface area (Å²) in [4.78, 5) is 45.0. The summed E-state index contributed by atoms with van der Waals surface area (Å²) in [7, 11) is 5.93. The van der Waals surface area contributed by atoms with Crippen molar-refractivity contribution in [3.05, 3.63) is 90.3 Å². The number of aromatic nitrogens is 4. The first kappa shape index (κ1) is 35.1. The van der Waals surface area contributed by atoms with Gasteiger partial charge in [0.05, 0.1) is 13.4 Å². The molecule has 0 unspecified atom stereocenters. The van der Waals surface area contributed by atoms with Gasteiger partial charge in [0, 0.05) is 53.1 Å². The van der Waals surface area contributed by atoms with E-state index in [2.05, 4.69) is 61.2 Å². The Labute approximate surface area is 304 Å². The monoisotopic (exact) mass is 701 g/mol. The Hall–Kier alpha value is -5.33. The number of ether oxygens (including phenoxy) is 1. The Balaban J connectivity index is 0.960. The molecule has 3 aromatic carbocycles. The quantitative estimate of drug-likeness (QED) is 0.154. The molecule has 3 heterocycles. The van der Waals surface area contributed by atoms with Crippen LogP contribution in [0.1, 0.15) is 60.5 Å². The molecule has 7 rings (SSSR count). The van der Waals surface area contributed by atoms with Crippen LogP contribution < -0.4 is 21.1 Å². The number of anilines is 3. The Kier molecular flexibility index (Phi) is 10.5. The molecular formula is C40H47N9O3. The number of methoxy groups -OCH3 is 1. The number of nitrogens with one attached hydrogen (secondary N) is 2. The lowest BCUT2D eigenvalue weighted by atomic mass is 9.85. The van der Waals surface area contributed by atoms with Crippen LogP contribution in [0.15, 0.2) is 79.1 Å². The van der Waals surface area contributed by atoms with E-state index in [1.807, 2.05) is 48.5 Å². The van der Waals surface area contributed by atoms with Crippen LogP contribution in [0.3, 0.4) is 0 Å². The van der Waals surface area contributed by atoms with Gasteiger partial charge in [-0.2, -0.15) is 0 Å². The third-order valence-electron chi connectivity index (χ3n) is 10.6. The first-order valence-electron chi connectivity index (χ1n) is 18.1. The second kappa shape index (κ2) is 15.5. The van der Waals surface area contributed by atoms with Crippen molar-refractivity contribution < 1.29 is 14.3 Å². The summed E-state index contributed by atoms with van der Waals surface area (Å²) in [6, 6.07) is 23.5. The predicted octanol–water partition coefficient (Wildman–Crippen LogP) is 6.23. The number of imidazole rings is 1. The van der Waals surface area contributed by atoms with E-state index < -0.39 is 0 Å². The largest absolute Gasteiger partial charge is 0.497 e. The SMILES string of the molecule is COc1cccc(NC(=O)C2CCC(n3cnc4c(N)nc(-c5ccc(C(=O)Nc6ccc(CN7CCC(N(C)C)CC7)cc6)cc5)nc43)CC2)c1. The zero-order valence-electron chi connectivity index (χ0n) is 30.1. The van der Waals surface area contributed by atoms with Gasteiger partial charge in [0.25, 0.3) is 5.91 Å². The van der Waals surface area contributed by atoms with E-state index in [0.717, 1.165) is 62.3 Å². The number of likely N-dealkylation sites (tertiary alicyclic amines) is 1. The maximum atomic E-state index is 13.1. The fourth-order valence-corrected chi connectivity index (χ4v) is 7.42. The van der Waals surface area contributed by atoms with Gasteiger partial charge in [0.1, 0.15) is 11.3 Å². The molecule has 2 aromatic heterocycles. The van der Waals surface area contributed by atoms with Crippen molar-refractivity contribution in [2.24, 2.45) is 5.92 Å². The third kappa shape index (κ3) is 7.93. The first-order chi connectivity index (χ1) is 25.2. The maximum Gasteiger partial charge on any atom is 0.255 e. The number of benzene rings is 3. The Morgan fingerprint density at radius 3 is 2.31 bits per heavy atom. The number of carbonyl (C=O) groups is 2. The molecule has 1 saturated carbocycles. The molecule has 1 aliphatic carbocycles. The number of nitrogens with zero attached hydrogens (tertiary/aromatic N) is 6. The predicted molar refractivity (Wildman–Crippen MR) is 204 cm³/mol. The number of nitrogen functional groups attached to an aromatic ring is 1. The highest BCUT2D eigenvalue weighted by atomic mass is 16.5. The summed E-state index contributed by atoms with van der Waals surface area (Å²) >= 11 is 0. The fourth-order valence-electron chi connectivity index (χ4n) is 7.42. The molecule has 12 nitrogen and oxygen atoms in total. The topological polar surface area (TPSA) is 144 Å². The van der Waals surface area contributed by atoms with Crippen LogP contribution in [0.5, 0.6) is 5.75 Å². The number of piperidine rings is 1. The van der Waals surface area contributed by atoms with E-state index in [9.17, 15) is 9.59 Å². The highest BCUT2D eigenvalue weighted by Gasteiger charge is 2.29. The third-order valence-corrected chi connectivity index (χ3v) is 10.6. The van der Waals surface area contributed by atoms with Crippen LogP contribution in [-0.4, -0.2) is 81.5 Å². The van der Waals surface area contributed by atoms with Gasteiger partial charge < -0.3 is 30.6 Å². The van der Waals surface area contributed by atoms with Crippen LogP contribution in [0, 0.1) is 5.92 Å². The molecule has 1 saturated heterocycles. The van der Waals surface area contributed by atoms with Crippen molar-refractivity contribution >= 4 is 40.2 Å². The summed E-state index contributed by atoms with van der Waals surface area (Å²) < 4.78 is 7.34. The smallest absolute Gasteiger partial charge is 0.255 e. The van der Waals surface area contributed by atoms with Crippen molar-refractivity contribution in [3.8, 4) is 17.1 Å². The molecule has 0 atom stereocenters. The summed E-state index contributed by atoms with van der Waals surface area (Å²) in [5.41, 5.74) is 11.6. The molecule has 52 heavy (non-hydrogen) atoms. The molecule has 5 aromatic rings. The summed E-state index contributed by atoms with van der Waals surface area (Å²) in [5, 5.41) is 6.05. The van der Waals surface area contributed by atoms with Gasteiger partial charge >= 0.3 is 0 Å². The number of amides is 2. The first-order valence-corrected chi connectivity index (χ1v) is 18.1. The van der Waals surface area contributed by atoms with Gasteiger partial charge in [-0.25, -0.2) is 15.0 Å². The minimum atomic E-state index is -0.188. The average Bonchev–Trinajstić information content (AvgIpc) is 3.61. The number of carbonyl (C=O) groups excluding carboxylic acids is 2. The zero-order chi connectivity index (χ0) is 36.2. The van der Waals surface area contributed by atoms with Gasteiger partial charge in [0.15, 0.2) is 17.3 Å². The lowest BCUT2D eigenvalue weighted by molar-refractivity contribution is -0.121. The van der Waals surface area contributed by atoms with E-state index in [1.54, 1.807) is 25.6 Å². The van der Waals surface area contributed by atoms with E-state index in [1.165, 1.54) is 18.4 Å². The molecule has 12 heteroatoms. The van der Waals surface area contributed by atoms with Gasteiger partial charge in [-0.3, -0.25) is 14.5 Å². The molecule has 2 fully saturated rings. The number of nitrogens with two attached hydrogens (primary N) is 1. The van der Waals surface area contributed by atoms with Crippen molar-refractivity contribution in [2.45, 2.75) is 57.2 Å². The Morgan fingerprint density at radius 2 is 1.62 bits per heavy atom. The van der Waals surface area contributed by atoms with E-state index >= 15 is 0 Å². The fraction of sp³-hybridized carbons (Fsp3) is 0.375. The second-order valence-corrected chi connectivity index (χ2v) is 14.2. The lowest BCUT2D eigenvalue weighted by Gasteiger charge is -2.35. The standard InChI is InChI=1S/C40H47N9O3/c1-47(2)32-19-21-48(22-20-32)24-26-7-15-30(16-8-26)43-39(50)28-11-9-27(10-12-28)37-45-36(41)35-38(46-37)49(25-42-35)33-17-13-29(14-18-33)40(51)44-31-5-4-6-34(23-31)52-3/h4-12,15-16,23,25,29,32-33H,13-14,17-22,24H2,1-3H3,(H,43,50)(H,44,51)(H2,41,45,46). The lowest BCUT2D eigenvalue weighted by Crippen LogP contribution is -2.41. The van der Waals surface area contributed by atoms with Crippen molar-refractivity contribution in [3.63, 3.8) is 0 Å².